The van der Waals surface area contributed by atoms with Crippen LogP contribution in [0.2, 0.25) is 0 Å². The molecule has 0 radical (unpaired) electrons. The minimum atomic E-state index is -1.05. The topological polar surface area (TPSA) is 101 Å². The third kappa shape index (κ3) is 2.46. The van der Waals surface area contributed by atoms with Gasteiger partial charge < -0.3 is 15.7 Å². The van der Waals surface area contributed by atoms with Gasteiger partial charge in [0, 0.05) is 20.3 Å². The van der Waals surface area contributed by atoms with Crippen LogP contribution in [0.25, 0.3) is 5.69 Å². The molecule has 2 aromatic rings. The summed E-state index contributed by atoms with van der Waals surface area (Å²) in [5.41, 5.74) is 6.98. The van der Waals surface area contributed by atoms with Crippen molar-refractivity contribution in [3.63, 3.8) is 0 Å². The molecule has 0 fully saturated rings. The van der Waals surface area contributed by atoms with Crippen LogP contribution in [0.15, 0.2) is 30.5 Å². The SMILES string of the molecule is CN(C)C(=O)c1ccn(-c2cc(C(=O)O)ccc2N)n1. The maximum Gasteiger partial charge on any atom is 0.335 e. The number of nitrogens with two attached hydrogens (primary N) is 1. The molecule has 0 aliphatic heterocycles. The Kier molecular flexibility index (Phi) is 3.43. The normalized spacial score (nSPS) is 10.3. The number of carbonyl (C=O) groups excluding carboxylic acids is 1. The lowest BCUT2D eigenvalue weighted by Crippen LogP contribution is -2.22. The molecular weight excluding hydrogens is 260 g/mol. The second-order valence-corrected chi connectivity index (χ2v) is 4.42. The lowest BCUT2D eigenvalue weighted by molar-refractivity contribution is 0.0696. The summed E-state index contributed by atoms with van der Waals surface area (Å²) in [6.45, 7) is 0. The number of rotatable bonds is 3. The van der Waals surface area contributed by atoms with E-state index in [0.717, 1.165) is 0 Å². The number of benzene rings is 1. The van der Waals surface area contributed by atoms with E-state index in [0.29, 0.717) is 11.4 Å². The number of carboxylic acids is 1. The molecule has 0 saturated carbocycles. The smallest absolute Gasteiger partial charge is 0.335 e. The van der Waals surface area contributed by atoms with Crippen molar-refractivity contribution in [2.24, 2.45) is 0 Å². The Labute approximate surface area is 115 Å². The van der Waals surface area contributed by atoms with Crippen LogP contribution in [0.4, 0.5) is 5.69 Å². The van der Waals surface area contributed by atoms with E-state index in [9.17, 15) is 9.59 Å². The minimum Gasteiger partial charge on any atom is -0.478 e. The van der Waals surface area contributed by atoms with E-state index in [-0.39, 0.29) is 17.2 Å². The van der Waals surface area contributed by atoms with E-state index in [1.165, 1.54) is 27.8 Å². The van der Waals surface area contributed by atoms with Gasteiger partial charge in [-0.15, -0.1) is 0 Å². The highest BCUT2D eigenvalue weighted by Gasteiger charge is 2.14. The van der Waals surface area contributed by atoms with E-state index in [1.54, 1.807) is 26.4 Å². The molecule has 7 nitrogen and oxygen atoms in total. The molecule has 0 aliphatic carbocycles. The van der Waals surface area contributed by atoms with Crippen LogP contribution in [-0.2, 0) is 0 Å². The fourth-order valence-corrected chi connectivity index (χ4v) is 1.68. The molecule has 0 bridgehead atoms. The molecule has 7 heteroatoms. The Balaban J connectivity index is 2.44. The molecule has 1 heterocycles. The fraction of sp³-hybridized carbons (Fsp3) is 0.154. The Morgan fingerprint density at radius 3 is 2.60 bits per heavy atom. The van der Waals surface area contributed by atoms with Crippen molar-refractivity contribution in [1.29, 1.82) is 0 Å². The van der Waals surface area contributed by atoms with Gasteiger partial charge in [-0.1, -0.05) is 0 Å². The number of hydrogen-bond acceptors (Lipinski definition) is 4. The number of aromatic carboxylic acids is 1. The summed E-state index contributed by atoms with van der Waals surface area (Å²) in [6.07, 6.45) is 1.56. The van der Waals surface area contributed by atoms with E-state index >= 15 is 0 Å². The number of nitrogen functional groups attached to an aromatic ring is 1. The third-order valence-corrected chi connectivity index (χ3v) is 2.74. The van der Waals surface area contributed by atoms with Crippen LogP contribution in [0.1, 0.15) is 20.8 Å². The van der Waals surface area contributed by atoms with Crippen molar-refractivity contribution < 1.29 is 14.7 Å². The van der Waals surface area contributed by atoms with Crippen molar-refractivity contribution in [1.82, 2.24) is 14.7 Å². The standard InChI is InChI=1S/C13H14N4O3/c1-16(2)12(18)10-5-6-17(15-10)11-7-8(13(19)20)3-4-9(11)14/h3-7H,14H2,1-2H3,(H,19,20). The second-order valence-electron chi connectivity index (χ2n) is 4.42. The molecule has 3 N–H and O–H groups in total. The average molecular weight is 274 g/mol. The van der Waals surface area contributed by atoms with Crippen LogP contribution in [-0.4, -0.2) is 45.8 Å². The van der Waals surface area contributed by atoms with Crippen molar-refractivity contribution in [3.8, 4) is 5.69 Å². The summed E-state index contributed by atoms with van der Waals surface area (Å²) in [5.74, 6) is -1.29. The minimum absolute atomic E-state index is 0.102. The largest absolute Gasteiger partial charge is 0.478 e. The maximum atomic E-state index is 11.8. The first-order chi connectivity index (χ1) is 9.40. The van der Waals surface area contributed by atoms with Crippen LogP contribution < -0.4 is 5.73 Å². The lowest BCUT2D eigenvalue weighted by atomic mass is 10.2. The first-order valence-corrected chi connectivity index (χ1v) is 5.80. The number of carboxylic acid groups (broad SMARTS) is 1. The summed E-state index contributed by atoms with van der Waals surface area (Å²) < 4.78 is 1.39. The number of anilines is 1. The van der Waals surface area contributed by atoms with Gasteiger partial charge in [0.25, 0.3) is 5.91 Å². The van der Waals surface area contributed by atoms with Gasteiger partial charge in [0.05, 0.1) is 16.9 Å². The maximum absolute atomic E-state index is 11.8. The highest BCUT2D eigenvalue weighted by molar-refractivity contribution is 5.92. The van der Waals surface area contributed by atoms with Crippen LogP contribution in [0, 0.1) is 0 Å². The molecule has 2 rings (SSSR count). The number of carbonyl (C=O) groups is 2. The zero-order chi connectivity index (χ0) is 14.9. The monoisotopic (exact) mass is 274 g/mol. The van der Waals surface area contributed by atoms with Crippen LogP contribution >= 0.6 is 0 Å². The Bertz CT molecular complexity index is 676. The highest BCUT2D eigenvalue weighted by Crippen LogP contribution is 2.19. The van der Waals surface area contributed by atoms with Crippen molar-refractivity contribution in [2.75, 3.05) is 19.8 Å². The summed E-state index contributed by atoms with van der Waals surface area (Å²) >= 11 is 0. The molecule has 20 heavy (non-hydrogen) atoms. The van der Waals surface area contributed by atoms with Crippen molar-refractivity contribution in [3.05, 3.63) is 41.7 Å². The zero-order valence-electron chi connectivity index (χ0n) is 11.1. The highest BCUT2D eigenvalue weighted by atomic mass is 16.4. The molecule has 1 amide bonds. The summed E-state index contributed by atoms with van der Waals surface area (Å²) in [5, 5.41) is 13.1. The quantitative estimate of drug-likeness (QED) is 0.808. The summed E-state index contributed by atoms with van der Waals surface area (Å²) in [6, 6.07) is 5.87. The first kappa shape index (κ1) is 13.6. The third-order valence-electron chi connectivity index (χ3n) is 2.74. The predicted molar refractivity (Wildman–Crippen MR) is 73.0 cm³/mol. The van der Waals surface area contributed by atoms with Gasteiger partial charge >= 0.3 is 5.97 Å². The average Bonchev–Trinajstić information content (AvgIpc) is 2.87. The van der Waals surface area contributed by atoms with Gasteiger partial charge in [-0.3, -0.25) is 4.79 Å². The molecule has 0 unspecified atom stereocenters. The van der Waals surface area contributed by atoms with Gasteiger partial charge in [-0.2, -0.15) is 5.10 Å². The number of nitrogens with zero attached hydrogens (tertiary/aromatic N) is 3. The number of amides is 1. The van der Waals surface area contributed by atoms with Gasteiger partial charge in [0.15, 0.2) is 5.69 Å². The van der Waals surface area contributed by atoms with Gasteiger partial charge in [-0.05, 0) is 24.3 Å². The van der Waals surface area contributed by atoms with E-state index in [1.807, 2.05) is 0 Å². The Morgan fingerprint density at radius 2 is 2.00 bits per heavy atom. The Morgan fingerprint density at radius 1 is 1.30 bits per heavy atom. The Hall–Kier alpha value is -2.83. The van der Waals surface area contributed by atoms with E-state index in [4.69, 9.17) is 10.8 Å². The molecule has 1 aromatic heterocycles. The lowest BCUT2D eigenvalue weighted by Gasteiger charge is -2.08. The first-order valence-electron chi connectivity index (χ1n) is 5.80. The van der Waals surface area contributed by atoms with Crippen molar-refractivity contribution >= 4 is 17.6 Å². The summed E-state index contributed by atoms with van der Waals surface area (Å²) in [4.78, 5) is 24.1. The number of hydrogen-bond donors (Lipinski definition) is 2. The molecule has 0 aliphatic rings. The van der Waals surface area contributed by atoms with Gasteiger partial charge in [0.1, 0.15) is 0 Å². The van der Waals surface area contributed by atoms with Gasteiger partial charge in [0.2, 0.25) is 0 Å². The number of aromatic nitrogens is 2. The van der Waals surface area contributed by atoms with E-state index in [2.05, 4.69) is 5.10 Å². The van der Waals surface area contributed by atoms with E-state index < -0.39 is 5.97 Å². The molecule has 0 atom stereocenters. The predicted octanol–water partition coefficient (Wildman–Crippen LogP) is 0.855. The van der Waals surface area contributed by atoms with Crippen LogP contribution in [0.3, 0.4) is 0 Å². The fourth-order valence-electron chi connectivity index (χ4n) is 1.68. The molecule has 1 aromatic carbocycles. The summed E-state index contributed by atoms with van der Waals surface area (Å²) in [7, 11) is 3.25. The van der Waals surface area contributed by atoms with Crippen molar-refractivity contribution in [2.45, 2.75) is 0 Å². The van der Waals surface area contributed by atoms with Crippen LogP contribution in [0.5, 0.6) is 0 Å². The molecule has 104 valence electrons. The molecule has 0 spiro atoms. The molecular formula is C13H14N4O3. The zero-order valence-corrected chi connectivity index (χ0v) is 11.1. The molecule has 0 saturated heterocycles. The second kappa shape index (κ2) is 5.04. The van der Waals surface area contributed by atoms with Gasteiger partial charge in [-0.25, -0.2) is 9.48 Å².